The molecule has 8 heteroatoms. The zero-order valence-corrected chi connectivity index (χ0v) is 11.8. The molecule has 0 atom stereocenters. The van der Waals surface area contributed by atoms with E-state index in [1.54, 1.807) is 12.1 Å². The highest BCUT2D eigenvalue weighted by Gasteiger charge is 2.61. The van der Waals surface area contributed by atoms with E-state index in [0.29, 0.717) is 15.3 Å². The minimum Gasteiger partial charge on any atom is -0.279 e. The van der Waals surface area contributed by atoms with Crippen LogP contribution < -0.4 is 0 Å². The van der Waals surface area contributed by atoms with Crippen molar-refractivity contribution < 1.29 is 31.1 Å². The van der Waals surface area contributed by atoms with Crippen LogP contribution in [0.5, 0.6) is 0 Å². The van der Waals surface area contributed by atoms with E-state index in [1.165, 1.54) is 36.4 Å². The zero-order chi connectivity index (χ0) is 17.7. The monoisotopic (exact) mass is 345 g/mol. The second-order valence-electron chi connectivity index (χ2n) is 5.22. The van der Waals surface area contributed by atoms with Crippen LogP contribution in [0.4, 0.5) is 26.3 Å². The summed E-state index contributed by atoms with van der Waals surface area (Å²) < 4.78 is 77.9. The number of alkyl halides is 6. The first-order valence-corrected chi connectivity index (χ1v) is 6.78. The Hall–Kier alpha value is -2.51. The van der Waals surface area contributed by atoms with Crippen LogP contribution in [0, 0.1) is 5.92 Å². The highest BCUT2D eigenvalue weighted by atomic mass is 19.4. The third-order valence-electron chi connectivity index (χ3n) is 3.70. The van der Waals surface area contributed by atoms with Gasteiger partial charge in [-0.1, -0.05) is 36.4 Å². The minimum atomic E-state index is -5.73. The van der Waals surface area contributed by atoms with Crippen molar-refractivity contribution in [1.29, 1.82) is 0 Å². The smallest absolute Gasteiger partial charge is 0.279 e. The first-order chi connectivity index (χ1) is 11.1. The Balaban J connectivity index is 2.33. The van der Waals surface area contributed by atoms with Gasteiger partial charge in [-0.2, -0.15) is 26.3 Å². The van der Waals surface area contributed by atoms with Gasteiger partial charge in [-0.3, -0.25) is 9.36 Å². The lowest BCUT2D eigenvalue weighted by atomic mass is 10.1. The van der Waals surface area contributed by atoms with Crippen molar-refractivity contribution >= 4 is 27.7 Å². The molecule has 3 aromatic rings. The Morgan fingerprint density at radius 3 is 1.50 bits per heavy atom. The summed E-state index contributed by atoms with van der Waals surface area (Å²) in [5, 5.41) is 0.814. The molecule has 0 aliphatic rings. The molecule has 3 rings (SSSR count). The average Bonchev–Trinajstić information content (AvgIpc) is 2.78. The van der Waals surface area contributed by atoms with E-state index in [2.05, 4.69) is 0 Å². The fourth-order valence-corrected chi connectivity index (χ4v) is 2.75. The van der Waals surface area contributed by atoms with Gasteiger partial charge < -0.3 is 0 Å². The molecule has 0 N–H and O–H groups in total. The number of carbonyl (C=O) groups is 1. The highest BCUT2D eigenvalue weighted by molar-refractivity contribution is 6.13. The Labute approximate surface area is 131 Å². The number of nitrogens with zero attached hydrogens (tertiary/aromatic N) is 1. The Morgan fingerprint density at radius 1 is 0.750 bits per heavy atom. The van der Waals surface area contributed by atoms with Crippen LogP contribution in [0.3, 0.4) is 0 Å². The minimum absolute atomic E-state index is 0.00204. The summed E-state index contributed by atoms with van der Waals surface area (Å²) in [6.07, 6.45) is -11.5. The van der Waals surface area contributed by atoms with Crippen LogP contribution in [0.1, 0.15) is 4.79 Å². The Morgan fingerprint density at radius 2 is 1.12 bits per heavy atom. The lowest BCUT2D eigenvalue weighted by Gasteiger charge is -2.22. The molecule has 0 aliphatic carbocycles. The molecular weight excluding hydrogens is 336 g/mol. The van der Waals surface area contributed by atoms with Crippen molar-refractivity contribution in [2.24, 2.45) is 5.92 Å². The van der Waals surface area contributed by atoms with Crippen molar-refractivity contribution in [3.63, 3.8) is 0 Å². The summed E-state index contributed by atoms with van der Waals surface area (Å²) in [5.41, 5.74) is 0.00407. The molecule has 0 unspecified atom stereocenters. The van der Waals surface area contributed by atoms with Gasteiger partial charge in [-0.25, -0.2) is 0 Å². The molecule has 0 radical (unpaired) electrons. The van der Waals surface area contributed by atoms with Gasteiger partial charge in [0.2, 0.25) is 5.92 Å². The van der Waals surface area contributed by atoms with Crippen molar-refractivity contribution in [3.8, 4) is 0 Å². The molecule has 0 fully saturated rings. The van der Waals surface area contributed by atoms with Gasteiger partial charge in [-0.05, 0) is 12.1 Å². The third kappa shape index (κ3) is 2.51. The van der Waals surface area contributed by atoms with Crippen molar-refractivity contribution in [3.05, 3.63) is 48.5 Å². The van der Waals surface area contributed by atoms with Gasteiger partial charge in [0.1, 0.15) is 0 Å². The van der Waals surface area contributed by atoms with E-state index >= 15 is 0 Å². The van der Waals surface area contributed by atoms with Gasteiger partial charge in [0.25, 0.3) is 5.91 Å². The maximum absolute atomic E-state index is 12.9. The summed E-state index contributed by atoms with van der Waals surface area (Å²) in [7, 11) is 0. The molecule has 0 saturated carbocycles. The topological polar surface area (TPSA) is 22.0 Å². The number of fused-ring (bicyclic) bond motifs is 3. The van der Waals surface area contributed by atoms with E-state index in [0.717, 1.165) is 0 Å². The molecule has 1 aromatic heterocycles. The molecule has 0 aliphatic heterocycles. The van der Waals surface area contributed by atoms with Crippen LogP contribution >= 0.6 is 0 Å². The number of rotatable bonds is 1. The summed E-state index contributed by atoms with van der Waals surface area (Å²) in [5.74, 6) is -6.14. The predicted octanol–water partition coefficient (Wildman–Crippen LogP) is 5.18. The van der Waals surface area contributed by atoms with E-state index in [4.69, 9.17) is 0 Å². The third-order valence-corrected chi connectivity index (χ3v) is 3.70. The lowest BCUT2D eigenvalue weighted by molar-refractivity contribution is -0.266. The summed E-state index contributed by atoms with van der Waals surface area (Å²) in [4.78, 5) is 12.3. The molecule has 0 bridgehead atoms. The number of carbonyl (C=O) groups excluding carboxylic acids is 1. The predicted molar refractivity (Wildman–Crippen MR) is 75.7 cm³/mol. The number of hydrogen-bond donors (Lipinski definition) is 0. The van der Waals surface area contributed by atoms with Gasteiger partial charge in [0.05, 0.1) is 11.0 Å². The van der Waals surface area contributed by atoms with Crippen LogP contribution in [0.2, 0.25) is 0 Å². The quantitative estimate of drug-likeness (QED) is 0.557. The second kappa shape index (κ2) is 5.25. The number of halogens is 6. The van der Waals surface area contributed by atoms with Gasteiger partial charge in [-0.15, -0.1) is 0 Å². The number of hydrogen-bond acceptors (Lipinski definition) is 1. The highest BCUT2D eigenvalue weighted by Crippen LogP contribution is 2.41. The second-order valence-corrected chi connectivity index (χ2v) is 5.22. The molecular formula is C16H9F6NO. The fourth-order valence-electron chi connectivity index (χ4n) is 2.75. The molecule has 126 valence electrons. The van der Waals surface area contributed by atoms with Crippen molar-refractivity contribution in [2.75, 3.05) is 0 Å². The zero-order valence-electron chi connectivity index (χ0n) is 11.8. The summed E-state index contributed by atoms with van der Waals surface area (Å²) >= 11 is 0. The number of para-hydroxylation sites is 2. The molecule has 0 spiro atoms. The molecule has 0 saturated heterocycles. The average molecular weight is 345 g/mol. The SMILES string of the molecule is O=C(C(C(F)(F)F)C(F)(F)F)n1c2ccccc2c2ccccc21. The van der Waals surface area contributed by atoms with Gasteiger partial charge >= 0.3 is 12.4 Å². The molecule has 2 nitrogen and oxygen atoms in total. The van der Waals surface area contributed by atoms with Crippen LogP contribution in [-0.2, 0) is 0 Å². The first kappa shape index (κ1) is 16.4. The Bertz CT molecular complexity index is 854. The molecule has 0 amide bonds. The maximum atomic E-state index is 12.9. The van der Waals surface area contributed by atoms with Gasteiger partial charge in [0, 0.05) is 10.8 Å². The van der Waals surface area contributed by atoms with Gasteiger partial charge in [0.15, 0.2) is 0 Å². The summed E-state index contributed by atoms with van der Waals surface area (Å²) in [6, 6.07) is 11.8. The first-order valence-electron chi connectivity index (χ1n) is 6.78. The van der Waals surface area contributed by atoms with E-state index in [-0.39, 0.29) is 11.0 Å². The van der Waals surface area contributed by atoms with E-state index in [9.17, 15) is 31.1 Å². The Kier molecular flexibility index (Phi) is 3.58. The van der Waals surface area contributed by atoms with Crippen molar-refractivity contribution in [1.82, 2.24) is 4.57 Å². The maximum Gasteiger partial charge on any atom is 0.409 e. The molecule has 2 aromatic carbocycles. The van der Waals surface area contributed by atoms with Crippen LogP contribution in [0.25, 0.3) is 21.8 Å². The number of benzene rings is 2. The van der Waals surface area contributed by atoms with E-state index < -0.39 is 24.2 Å². The fraction of sp³-hybridized carbons (Fsp3) is 0.188. The molecule has 1 heterocycles. The van der Waals surface area contributed by atoms with Crippen LogP contribution in [0.15, 0.2) is 48.5 Å². The standard InChI is InChI=1S/C16H9F6NO/c17-15(18,19)13(16(20,21)22)14(24)23-11-7-3-1-5-9(11)10-6-2-4-8-12(10)23/h1-8,13H. The summed E-state index contributed by atoms with van der Waals surface area (Å²) in [6.45, 7) is 0. The lowest BCUT2D eigenvalue weighted by Crippen LogP contribution is -2.44. The van der Waals surface area contributed by atoms with E-state index in [1.807, 2.05) is 0 Å². The molecule has 24 heavy (non-hydrogen) atoms. The van der Waals surface area contributed by atoms with Crippen LogP contribution in [-0.4, -0.2) is 22.8 Å². The number of aromatic nitrogens is 1. The van der Waals surface area contributed by atoms with Crippen molar-refractivity contribution in [2.45, 2.75) is 12.4 Å². The largest absolute Gasteiger partial charge is 0.409 e. The normalized spacial score (nSPS) is 13.1.